The van der Waals surface area contributed by atoms with E-state index in [0.717, 1.165) is 0 Å². The van der Waals surface area contributed by atoms with E-state index in [-0.39, 0.29) is 66.9 Å². The van der Waals surface area contributed by atoms with Crippen molar-refractivity contribution in [3.05, 3.63) is 123 Å². The third kappa shape index (κ3) is 7.88. The molecule has 2 N–H and O–H groups in total. The topological polar surface area (TPSA) is 102 Å². The summed E-state index contributed by atoms with van der Waals surface area (Å²) in [5.41, 5.74) is 1.24. The number of benzene rings is 4. The van der Waals surface area contributed by atoms with Crippen LogP contribution in [0.5, 0.6) is 11.5 Å². The van der Waals surface area contributed by atoms with Crippen LogP contribution in [0.15, 0.2) is 91.0 Å². The molecule has 0 saturated carbocycles. The molecule has 10 heteroatoms. The zero-order valence-electron chi connectivity index (χ0n) is 21.8. The summed E-state index contributed by atoms with van der Waals surface area (Å²) >= 11 is 11.9. The summed E-state index contributed by atoms with van der Waals surface area (Å²) in [5.74, 6) is -1.05. The van der Waals surface area contributed by atoms with Crippen LogP contribution in [0.2, 0.25) is 10.0 Å². The van der Waals surface area contributed by atoms with Crippen LogP contribution in [-0.4, -0.2) is 36.0 Å². The van der Waals surface area contributed by atoms with E-state index in [9.17, 15) is 19.5 Å². The Bertz CT molecular complexity index is 1490. The molecule has 0 heterocycles. The Labute approximate surface area is 248 Å². The Kier molecular flexibility index (Phi) is 10.6. The second-order valence-corrected chi connectivity index (χ2v) is 8.85. The van der Waals surface area contributed by atoms with Gasteiger partial charge in [-0.05, 0) is 60.7 Å². The van der Waals surface area contributed by atoms with Crippen molar-refractivity contribution in [3.63, 3.8) is 0 Å². The molecule has 0 radical (unpaired) electrons. The van der Waals surface area contributed by atoms with Gasteiger partial charge in [-0.1, -0.05) is 53.5 Å². The van der Waals surface area contributed by atoms with Gasteiger partial charge in [-0.25, -0.2) is 4.79 Å². The molecule has 194 valence electrons. The van der Waals surface area contributed by atoms with Crippen molar-refractivity contribution in [1.29, 1.82) is 0 Å². The maximum Gasteiger partial charge on any atom is 1.00 e. The van der Waals surface area contributed by atoms with Gasteiger partial charge in [-0.15, -0.1) is 0 Å². The summed E-state index contributed by atoms with van der Waals surface area (Å²) in [7, 11) is 0. The molecule has 0 fully saturated rings. The second kappa shape index (κ2) is 13.9. The van der Waals surface area contributed by atoms with E-state index in [1.807, 2.05) is 18.2 Å². The fourth-order valence-corrected chi connectivity index (χ4v) is 4.03. The molecular weight excluding hydrogens is 536 g/mol. The molecule has 39 heavy (non-hydrogen) atoms. The third-order valence-electron chi connectivity index (χ3n) is 5.42. The van der Waals surface area contributed by atoms with Crippen molar-refractivity contribution >= 4 is 46.5 Å². The maximum absolute atomic E-state index is 12.6. The number of carbonyl (C=O) groups is 3. The molecule has 0 aliphatic heterocycles. The van der Waals surface area contributed by atoms with Gasteiger partial charge < -0.3 is 21.3 Å². The molecule has 7 nitrogen and oxygen atoms in total. The van der Waals surface area contributed by atoms with E-state index in [4.69, 9.17) is 32.7 Å². The first kappa shape index (κ1) is 29.8. The minimum atomic E-state index is -1.24. The molecule has 4 rings (SSSR count). The van der Waals surface area contributed by atoms with Crippen molar-refractivity contribution in [2.45, 2.75) is 0 Å². The van der Waals surface area contributed by atoms with E-state index < -0.39 is 11.9 Å². The Hall–Kier alpha value is -3.73. The molecule has 0 atom stereocenters. The first-order valence-corrected chi connectivity index (χ1v) is 12.2. The zero-order chi connectivity index (χ0) is 27.1. The molecular formula is C29H22Cl2LiNO6. The van der Waals surface area contributed by atoms with Gasteiger partial charge in [0.15, 0.2) is 5.78 Å². The van der Waals surface area contributed by atoms with E-state index in [1.165, 1.54) is 36.4 Å². The number of ketones is 1. The average Bonchev–Trinajstić information content (AvgIpc) is 2.92. The quantitative estimate of drug-likeness (QED) is 0.175. The normalized spacial score (nSPS) is 10.2. The van der Waals surface area contributed by atoms with Gasteiger partial charge in [0, 0.05) is 16.1 Å². The smallest absolute Gasteiger partial charge is 1.00 e. The largest absolute Gasteiger partial charge is 1.00 e. The average molecular weight is 558 g/mol. The molecule has 4 aromatic carbocycles. The second-order valence-electron chi connectivity index (χ2n) is 8.01. The number of rotatable bonds is 10. The molecule has 0 aliphatic rings. The number of amides is 1. The van der Waals surface area contributed by atoms with Crippen molar-refractivity contribution in [2.24, 2.45) is 0 Å². The molecule has 0 aliphatic carbocycles. The number of aromatic carboxylic acids is 1. The molecule has 0 spiro atoms. The number of halogens is 2. The van der Waals surface area contributed by atoms with Gasteiger partial charge in [0.05, 0.1) is 21.8 Å². The minimum absolute atomic E-state index is 0. The Morgan fingerprint density at radius 2 is 1.36 bits per heavy atom. The van der Waals surface area contributed by atoms with Gasteiger partial charge in [0.2, 0.25) is 0 Å². The van der Waals surface area contributed by atoms with E-state index >= 15 is 0 Å². The maximum atomic E-state index is 12.6. The van der Waals surface area contributed by atoms with Gasteiger partial charge in [0.25, 0.3) is 5.91 Å². The number of carboxylic acids is 1. The van der Waals surface area contributed by atoms with Crippen molar-refractivity contribution < 1.29 is 49.3 Å². The van der Waals surface area contributed by atoms with Crippen LogP contribution < -0.4 is 33.7 Å². The summed E-state index contributed by atoms with van der Waals surface area (Å²) in [6.45, 7) is 0.317. The van der Waals surface area contributed by atoms with Crippen LogP contribution in [-0.2, 0) is 0 Å². The van der Waals surface area contributed by atoms with Crippen LogP contribution in [0.4, 0.5) is 5.69 Å². The number of carbonyl (C=O) groups excluding carboxylic acids is 2. The molecule has 0 saturated heterocycles. The van der Waals surface area contributed by atoms with Crippen LogP contribution in [0.1, 0.15) is 38.1 Å². The fraction of sp³-hybridized carbons (Fsp3) is 0.0690. The van der Waals surface area contributed by atoms with Crippen LogP contribution in [0, 0.1) is 0 Å². The molecule has 0 bridgehead atoms. The number of anilines is 1. The number of carboxylic acid groups (broad SMARTS) is 1. The zero-order valence-corrected chi connectivity index (χ0v) is 22.3. The predicted molar refractivity (Wildman–Crippen MR) is 146 cm³/mol. The molecule has 0 unspecified atom stereocenters. The summed E-state index contributed by atoms with van der Waals surface area (Å²) in [5, 5.41) is 12.7. The molecule has 1 amide bonds. The first-order valence-electron chi connectivity index (χ1n) is 11.4. The summed E-state index contributed by atoms with van der Waals surface area (Å²) in [4.78, 5) is 36.9. The summed E-state index contributed by atoms with van der Waals surface area (Å²) in [6.07, 6.45) is 0. The third-order valence-corrected chi connectivity index (χ3v) is 5.97. The van der Waals surface area contributed by atoms with Gasteiger partial charge in [-0.3, -0.25) is 9.59 Å². The Balaban J connectivity index is 0.00000280. The first-order chi connectivity index (χ1) is 18.3. The minimum Gasteiger partial charge on any atom is -1.00 e. The van der Waals surface area contributed by atoms with Crippen molar-refractivity contribution in [2.75, 3.05) is 18.5 Å². The Morgan fingerprint density at radius 1 is 0.744 bits per heavy atom. The number of nitrogens with one attached hydrogen (secondary N) is 1. The predicted octanol–water partition coefficient (Wildman–Crippen LogP) is 3.75. The van der Waals surface area contributed by atoms with E-state index in [1.54, 1.807) is 36.4 Å². The fourth-order valence-electron chi connectivity index (χ4n) is 3.54. The van der Waals surface area contributed by atoms with E-state index in [2.05, 4.69) is 5.32 Å². The van der Waals surface area contributed by atoms with Gasteiger partial charge in [0.1, 0.15) is 24.7 Å². The van der Waals surface area contributed by atoms with Crippen molar-refractivity contribution in [3.8, 4) is 11.5 Å². The van der Waals surface area contributed by atoms with Gasteiger partial charge in [-0.2, -0.15) is 0 Å². The Morgan fingerprint density at radius 3 is 2.00 bits per heavy atom. The van der Waals surface area contributed by atoms with Crippen LogP contribution in [0.25, 0.3) is 0 Å². The van der Waals surface area contributed by atoms with Gasteiger partial charge >= 0.3 is 24.8 Å². The van der Waals surface area contributed by atoms with Crippen LogP contribution >= 0.6 is 23.2 Å². The number of ether oxygens (including phenoxy) is 2. The standard InChI is InChI=1S/C29H21Cl2NO6.Li.H/c30-20-8-12-23(25(31)16-20)28(34)32-26-13-11-22(17-24(26)29(35)36)38-15-14-37-21-9-6-19(7-10-21)27(33)18-4-2-1-3-5-18;;/h1-13,16-17H,14-15H2,(H,32,34)(H,35,36);;/q;+1;-1. The summed E-state index contributed by atoms with van der Waals surface area (Å²) in [6, 6.07) is 24.4. The monoisotopic (exact) mass is 557 g/mol. The molecule has 4 aromatic rings. The van der Waals surface area contributed by atoms with Crippen LogP contribution in [0.3, 0.4) is 0 Å². The SMILES string of the molecule is O=C(c1ccccc1)c1ccc(OCCOc2ccc(NC(=O)c3ccc(Cl)cc3Cl)c(C(=O)O)c2)cc1.[H-].[Li+]. The number of hydrogen-bond acceptors (Lipinski definition) is 5. The summed E-state index contributed by atoms with van der Waals surface area (Å²) < 4.78 is 11.3. The number of hydrogen-bond donors (Lipinski definition) is 2. The molecule has 0 aromatic heterocycles. The van der Waals surface area contributed by atoms with E-state index in [0.29, 0.717) is 21.9 Å². The van der Waals surface area contributed by atoms with Crippen molar-refractivity contribution in [1.82, 2.24) is 0 Å².